The van der Waals surface area contributed by atoms with Gasteiger partial charge in [0.05, 0.1) is 14.2 Å². The van der Waals surface area contributed by atoms with Crippen LogP contribution in [0, 0.1) is 0 Å². The van der Waals surface area contributed by atoms with Crippen molar-refractivity contribution in [1.82, 2.24) is 14.8 Å². The molecule has 1 aliphatic heterocycles. The predicted molar refractivity (Wildman–Crippen MR) is 123 cm³/mol. The smallest absolute Gasteiger partial charge is 0.222 e. The second-order valence-electron chi connectivity index (χ2n) is 7.99. The molecule has 4 rings (SSSR count). The summed E-state index contributed by atoms with van der Waals surface area (Å²) in [6.07, 6.45) is 2.84. The molecule has 0 saturated carbocycles. The first kappa shape index (κ1) is 21.9. The van der Waals surface area contributed by atoms with Gasteiger partial charge in [0.25, 0.3) is 0 Å². The highest BCUT2D eigenvalue weighted by molar-refractivity contribution is 5.87. The number of amides is 1. The Kier molecular flexibility index (Phi) is 6.75. The standard InChI is InChI=1S/C25H29N3O4/c1-31-22-9-5-18(16-23(22)32-2)6-10-24(30)28-14-12-27(13-15-28)17-19-7-8-21(29)25-20(19)4-3-11-26-25/h3-5,7-9,11,16,29H,6,10,12-15,17H2,1-2H3. The molecule has 168 valence electrons. The van der Waals surface area contributed by atoms with E-state index in [4.69, 9.17) is 9.47 Å². The zero-order chi connectivity index (χ0) is 22.5. The molecule has 1 fully saturated rings. The van der Waals surface area contributed by atoms with E-state index in [1.807, 2.05) is 41.3 Å². The number of pyridine rings is 1. The first-order chi connectivity index (χ1) is 15.6. The van der Waals surface area contributed by atoms with Gasteiger partial charge in [0, 0.05) is 50.7 Å². The molecule has 2 aromatic carbocycles. The van der Waals surface area contributed by atoms with Crippen LogP contribution >= 0.6 is 0 Å². The minimum absolute atomic E-state index is 0.179. The van der Waals surface area contributed by atoms with Crippen molar-refractivity contribution < 1.29 is 19.4 Å². The van der Waals surface area contributed by atoms with Crippen molar-refractivity contribution >= 4 is 16.8 Å². The number of aromatic nitrogens is 1. The van der Waals surface area contributed by atoms with Gasteiger partial charge in [0.15, 0.2) is 11.5 Å². The number of aromatic hydroxyl groups is 1. The normalized spacial score (nSPS) is 14.5. The zero-order valence-electron chi connectivity index (χ0n) is 18.6. The van der Waals surface area contributed by atoms with Crippen molar-refractivity contribution in [2.75, 3.05) is 40.4 Å². The van der Waals surface area contributed by atoms with E-state index in [0.717, 1.165) is 49.2 Å². The van der Waals surface area contributed by atoms with Crippen LogP contribution in [0.1, 0.15) is 17.5 Å². The number of carbonyl (C=O) groups excluding carboxylic acids is 1. The average molecular weight is 436 g/mol. The summed E-state index contributed by atoms with van der Waals surface area (Å²) >= 11 is 0. The summed E-state index contributed by atoms with van der Waals surface area (Å²) in [5, 5.41) is 11.0. The number of hydrogen-bond acceptors (Lipinski definition) is 6. The summed E-state index contributed by atoms with van der Waals surface area (Å²) in [7, 11) is 3.23. The molecular weight excluding hydrogens is 406 g/mol. The molecule has 1 N–H and O–H groups in total. The number of nitrogens with zero attached hydrogens (tertiary/aromatic N) is 3. The second-order valence-corrected chi connectivity index (χ2v) is 7.99. The molecular formula is C25H29N3O4. The van der Waals surface area contributed by atoms with Crippen molar-refractivity contribution in [3.63, 3.8) is 0 Å². The van der Waals surface area contributed by atoms with Crippen LogP contribution in [0.5, 0.6) is 17.2 Å². The van der Waals surface area contributed by atoms with E-state index in [2.05, 4.69) is 9.88 Å². The molecule has 32 heavy (non-hydrogen) atoms. The van der Waals surface area contributed by atoms with Crippen LogP contribution < -0.4 is 9.47 Å². The van der Waals surface area contributed by atoms with Crippen LogP contribution in [-0.2, 0) is 17.8 Å². The van der Waals surface area contributed by atoms with Gasteiger partial charge in [-0.15, -0.1) is 0 Å². The molecule has 1 aromatic heterocycles. The number of rotatable bonds is 7. The molecule has 0 aliphatic carbocycles. The van der Waals surface area contributed by atoms with Crippen LogP contribution in [-0.4, -0.2) is 66.2 Å². The van der Waals surface area contributed by atoms with Gasteiger partial charge in [0.1, 0.15) is 11.3 Å². The third kappa shape index (κ3) is 4.78. The van der Waals surface area contributed by atoms with Crippen molar-refractivity contribution in [2.24, 2.45) is 0 Å². The summed E-state index contributed by atoms with van der Waals surface area (Å²) in [6.45, 7) is 3.86. The van der Waals surface area contributed by atoms with Gasteiger partial charge in [-0.05, 0) is 41.8 Å². The molecule has 3 aromatic rings. The number of benzene rings is 2. The highest BCUT2D eigenvalue weighted by Crippen LogP contribution is 2.28. The topological polar surface area (TPSA) is 75.1 Å². The monoisotopic (exact) mass is 435 g/mol. The van der Waals surface area contributed by atoms with E-state index in [9.17, 15) is 9.90 Å². The molecule has 0 spiro atoms. The third-order valence-electron chi connectivity index (χ3n) is 6.03. The summed E-state index contributed by atoms with van der Waals surface area (Å²) in [5.74, 6) is 1.76. The van der Waals surface area contributed by atoms with E-state index in [1.54, 1.807) is 26.5 Å². The summed E-state index contributed by atoms with van der Waals surface area (Å²) in [5.41, 5.74) is 2.83. The molecule has 7 nitrogen and oxygen atoms in total. The Hall–Kier alpha value is -3.32. The number of fused-ring (bicyclic) bond motifs is 1. The first-order valence-corrected chi connectivity index (χ1v) is 10.9. The van der Waals surface area contributed by atoms with Gasteiger partial charge >= 0.3 is 0 Å². The van der Waals surface area contributed by atoms with Gasteiger partial charge in [-0.3, -0.25) is 14.7 Å². The molecule has 0 radical (unpaired) electrons. The predicted octanol–water partition coefficient (Wildman–Crippen LogP) is 3.23. The number of carbonyl (C=O) groups is 1. The lowest BCUT2D eigenvalue weighted by atomic mass is 10.1. The van der Waals surface area contributed by atoms with E-state index in [0.29, 0.717) is 29.9 Å². The zero-order valence-corrected chi connectivity index (χ0v) is 18.6. The summed E-state index contributed by atoms with van der Waals surface area (Å²) in [4.78, 5) is 21.3. The summed E-state index contributed by atoms with van der Waals surface area (Å²) in [6, 6.07) is 13.3. The fraction of sp³-hybridized carbons (Fsp3) is 0.360. The van der Waals surface area contributed by atoms with Crippen LogP contribution in [0.3, 0.4) is 0 Å². The Morgan fingerprint density at radius 1 is 1.03 bits per heavy atom. The lowest BCUT2D eigenvalue weighted by Crippen LogP contribution is -2.48. The van der Waals surface area contributed by atoms with Gasteiger partial charge in [0.2, 0.25) is 5.91 Å². The van der Waals surface area contributed by atoms with Crippen LogP contribution in [0.15, 0.2) is 48.7 Å². The number of piperazine rings is 1. The molecule has 2 heterocycles. The molecule has 0 bridgehead atoms. The molecule has 1 amide bonds. The maximum absolute atomic E-state index is 12.7. The van der Waals surface area contributed by atoms with Gasteiger partial charge in [-0.1, -0.05) is 18.2 Å². The number of phenols is 1. The van der Waals surface area contributed by atoms with Gasteiger partial charge < -0.3 is 19.5 Å². The maximum Gasteiger partial charge on any atom is 0.222 e. The fourth-order valence-electron chi connectivity index (χ4n) is 4.20. The quantitative estimate of drug-likeness (QED) is 0.614. The lowest BCUT2D eigenvalue weighted by molar-refractivity contribution is -0.133. The van der Waals surface area contributed by atoms with E-state index in [-0.39, 0.29) is 11.7 Å². The number of methoxy groups -OCH3 is 2. The van der Waals surface area contributed by atoms with Crippen LogP contribution in [0.4, 0.5) is 0 Å². The molecule has 0 atom stereocenters. The SMILES string of the molecule is COc1ccc(CCC(=O)N2CCN(Cc3ccc(O)c4ncccc34)CC2)cc1OC. The van der Waals surface area contributed by atoms with Crippen LogP contribution in [0.2, 0.25) is 0 Å². The van der Waals surface area contributed by atoms with Crippen molar-refractivity contribution in [1.29, 1.82) is 0 Å². The molecule has 1 saturated heterocycles. The van der Waals surface area contributed by atoms with Crippen molar-refractivity contribution in [3.05, 3.63) is 59.8 Å². The fourth-order valence-corrected chi connectivity index (χ4v) is 4.20. The Morgan fingerprint density at radius 3 is 2.56 bits per heavy atom. The Bertz CT molecular complexity index is 1090. The number of ether oxygens (including phenoxy) is 2. The van der Waals surface area contributed by atoms with E-state index < -0.39 is 0 Å². The third-order valence-corrected chi connectivity index (χ3v) is 6.03. The molecule has 1 aliphatic rings. The van der Waals surface area contributed by atoms with Gasteiger partial charge in [-0.2, -0.15) is 0 Å². The van der Waals surface area contributed by atoms with Crippen molar-refractivity contribution in [3.8, 4) is 17.2 Å². The first-order valence-electron chi connectivity index (χ1n) is 10.9. The minimum Gasteiger partial charge on any atom is -0.506 e. The molecule has 7 heteroatoms. The van der Waals surface area contributed by atoms with Crippen LogP contribution in [0.25, 0.3) is 10.9 Å². The lowest BCUT2D eigenvalue weighted by Gasteiger charge is -2.35. The van der Waals surface area contributed by atoms with E-state index in [1.165, 1.54) is 0 Å². The molecule has 0 unspecified atom stereocenters. The number of hydrogen-bond donors (Lipinski definition) is 1. The summed E-state index contributed by atoms with van der Waals surface area (Å²) < 4.78 is 10.6. The van der Waals surface area contributed by atoms with E-state index >= 15 is 0 Å². The average Bonchev–Trinajstić information content (AvgIpc) is 2.84. The Labute approximate surface area is 188 Å². The Balaban J connectivity index is 1.30. The highest BCUT2D eigenvalue weighted by atomic mass is 16.5. The number of phenolic OH excluding ortho intramolecular Hbond substituents is 1. The van der Waals surface area contributed by atoms with Gasteiger partial charge in [-0.25, -0.2) is 0 Å². The second kappa shape index (κ2) is 9.87. The van der Waals surface area contributed by atoms with Crippen molar-refractivity contribution in [2.45, 2.75) is 19.4 Å². The largest absolute Gasteiger partial charge is 0.506 e. The highest BCUT2D eigenvalue weighted by Gasteiger charge is 2.21. The maximum atomic E-state index is 12.7. The Morgan fingerprint density at radius 2 is 1.81 bits per heavy atom. The number of aryl methyl sites for hydroxylation is 1. The minimum atomic E-state index is 0.179.